The molecular weight excluding hydrogens is 337 g/mol. The predicted octanol–water partition coefficient (Wildman–Crippen LogP) is 3.04. The molecule has 26 heavy (non-hydrogen) atoms. The second kappa shape index (κ2) is 7.61. The highest BCUT2D eigenvalue weighted by Crippen LogP contribution is 2.27. The summed E-state index contributed by atoms with van der Waals surface area (Å²) in [5, 5.41) is 11.4. The molecule has 0 radical (unpaired) electrons. The van der Waals surface area contributed by atoms with E-state index >= 15 is 0 Å². The van der Waals surface area contributed by atoms with E-state index in [-0.39, 0.29) is 23.1 Å². The smallest absolute Gasteiger partial charge is 0.274 e. The van der Waals surface area contributed by atoms with E-state index in [1.54, 1.807) is 12.1 Å². The van der Waals surface area contributed by atoms with Crippen LogP contribution in [-0.4, -0.2) is 28.3 Å². The third-order valence-electron chi connectivity index (χ3n) is 4.80. The second-order valence-corrected chi connectivity index (χ2v) is 6.57. The average Bonchev–Trinajstić information content (AvgIpc) is 3.01. The van der Waals surface area contributed by atoms with Crippen LogP contribution in [-0.2, 0) is 13.0 Å². The number of primary amides is 1. The van der Waals surface area contributed by atoms with Gasteiger partial charge >= 0.3 is 0 Å². The summed E-state index contributed by atoms with van der Waals surface area (Å²) in [4.78, 5) is 24.3. The molecule has 1 aliphatic rings. The van der Waals surface area contributed by atoms with Gasteiger partial charge in [0.15, 0.2) is 0 Å². The van der Waals surface area contributed by atoms with Crippen LogP contribution in [0.2, 0.25) is 0 Å². The summed E-state index contributed by atoms with van der Waals surface area (Å²) in [7, 11) is 0. The predicted molar refractivity (Wildman–Crippen MR) is 95.2 cm³/mol. The van der Waals surface area contributed by atoms with E-state index in [1.807, 2.05) is 6.07 Å². The topological polar surface area (TPSA) is 89.5 Å². The van der Waals surface area contributed by atoms with Crippen molar-refractivity contribution in [3.63, 3.8) is 0 Å². The summed E-state index contributed by atoms with van der Waals surface area (Å²) in [5.41, 5.74) is 6.70. The van der Waals surface area contributed by atoms with Crippen LogP contribution in [0.5, 0.6) is 0 Å². The Hall–Kier alpha value is -2.80. The third-order valence-corrected chi connectivity index (χ3v) is 4.80. The van der Waals surface area contributed by atoms with Crippen molar-refractivity contribution < 1.29 is 14.1 Å². The molecule has 1 fully saturated rings. The molecule has 1 saturated heterocycles. The minimum Gasteiger partial charge on any atom is -0.366 e. The maximum absolute atomic E-state index is 13.4. The first-order chi connectivity index (χ1) is 12.4. The first-order valence-electron chi connectivity index (χ1n) is 8.49. The molecule has 2 aromatic rings. The van der Waals surface area contributed by atoms with Gasteiger partial charge in [-0.1, -0.05) is 18.2 Å². The molecule has 1 amide bonds. The number of halogens is 1. The molecule has 0 aromatic heterocycles. The summed E-state index contributed by atoms with van der Waals surface area (Å²) in [5.74, 6) is -0.950. The van der Waals surface area contributed by atoms with Crippen molar-refractivity contribution in [1.82, 2.24) is 4.90 Å². The molecule has 0 aliphatic carbocycles. The first kappa shape index (κ1) is 18.0. The van der Waals surface area contributed by atoms with Crippen molar-refractivity contribution in [3.8, 4) is 0 Å². The fourth-order valence-electron chi connectivity index (χ4n) is 3.51. The molecule has 1 atom stereocenters. The van der Waals surface area contributed by atoms with E-state index in [1.165, 1.54) is 24.3 Å². The molecule has 0 bridgehead atoms. The SMILES string of the molecule is NC(=O)c1ccc(CN2CCCC2Cc2cccc(F)c2)c([N+](=O)[O-])c1. The zero-order chi connectivity index (χ0) is 18.7. The Bertz CT molecular complexity index is 841. The molecular formula is C19H20FN3O3. The van der Waals surface area contributed by atoms with Crippen molar-refractivity contribution >= 4 is 11.6 Å². The van der Waals surface area contributed by atoms with Crippen LogP contribution in [0.3, 0.4) is 0 Å². The van der Waals surface area contributed by atoms with E-state index in [4.69, 9.17) is 5.73 Å². The largest absolute Gasteiger partial charge is 0.366 e. The molecule has 2 aromatic carbocycles. The maximum atomic E-state index is 13.4. The lowest BCUT2D eigenvalue weighted by Gasteiger charge is -2.24. The molecule has 1 unspecified atom stereocenters. The van der Waals surface area contributed by atoms with E-state index in [2.05, 4.69) is 4.90 Å². The van der Waals surface area contributed by atoms with E-state index in [0.29, 0.717) is 18.5 Å². The minimum atomic E-state index is -0.690. The van der Waals surface area contributed by atoms with Crippen molar-refractivity contribution in [2.75, 3.05) is 6.54 Å². The van der Waals surface area contributed by atoms with E-state index in [9.17, 15) is 19.3 Å². The van der Waals surface area contributed by atoms with Crippen LogP contribution in [0, 0.1) is 15.9 Å². The molecule has 6 nitrogen and oxygen atoms in total. The van der Waals surface area contributed by atoms with Gasteiger partial charge in [0.25, 0.3) is 5.69 Å². The molecule has 7 heteroatoms. The van der Waals surface area contributed by atoms with Gasteiger partial charge in [-0.05, 0) is 49.6 Å². The fourth-order valence-corrected chi connectivity index (χ4v) is 3.51. The number of likely N-dealkylation sites (tertiary alicyclic amines) is 1. The molecule has 1 heterocycles. The van der Waals surface area contributed by atoms with Crippen LogP contribution >= 0.6 is 0 Å². The molecule has 0 spiro atoms. The van der Waals surface area contributed by atoms with Gasteiger partial charge in [0.1, 0.15) is 5.82 Å². The zero-order valence-electron chi connectivity index (χ0n) is 14.2. The molecule has 0 saturated carbocycles. The monoisotopic (exact) mass is 357 g/mol. The number of amides is 1. The molecule has 2 N–H and O–H groups in total. The third kappa shape index (κ3) is 4.05. The number of nitrogens with two attached hydrogens (primary N) is 1. The van der Waals surface area contributed by atoms with Crippen LogP contribution in [0.25, 0.3) is 0 Å². The summed E-state index contributed by atoms with van der Waals surface area (Å²) >= 11 is 0. The van der Waals surface area contributed by atoms with Gasteiger partial charge in [0.2, 0.25) is 5.91 Å². The lowest BCUT2D eigenvalue weighted by molar-refractivity contribution is -0.385. The number of hydrogen-bond donors (Lipinski definition) is 1. The van der Waals surface area contributed by atoms with Crippen LogP contribution in [0.4, 0.5) is 10.1 Å². The second-order valence-electron chi connectivity index (χ2n) is 6.57. The number of benzene rings is 2. The zero-order valence-corrected chi connectivity index (χ0v) is 14.2. The van der Waals surface area contributed by atoms with Gasteiger partial charge in [-0.15, -0.1) is 0 Å². The number of carbonyl (C=O) groups excluding carboxylic acids is 1. The molecule has 1 aliphatic heterocycles. The average molecular weight is 357 g/mol. The van der Waals surface area contributed by atoms with Gasteiger partial charge in [-0.2, -0.15) is 0 Å². The van der Waals surface area contributed by atoms with Gasteiger partial charge in [0.05, 0.1) is 4.92 Å². The number of hydrogen-bond acceptors (Lipinski definition) is 4. The minimum absolute atomic E-state index is 0.0993. The van der Waals surface area contributed by atoms with Gasteiger partial charge < -0.3 is 5.73 Å². The van der Waals surface area contributed by atoms with Crippen LogP contribution < -0.4 is 5.73 Å². The number of carbonyl (C=O) groups is 1. The number of nitrogens with zero attached hydrogens (tertiary/aromatic N) is 2. The highest BCUT2D eigenvalue weighted by molar-refractivity contribution is 5.93. The highest BCUT2D eigenvalue weighted by atomic mass is 19.1. The summed E-state index contributed by atoms with van der Waals surface area (Å²) in [6.45, 7) is 1.24. The van der Waals surface area contributed by atoms with Crippen LogP contribution in [0.1, 0.15) is 34.3 Å². The summed E-state index contributed by atoms with van der Waals surface area (Å²) in [6.07, 6.45) is 2.65. The quantitative estimate of drug-likeness (QED) is 0.636. The van der Waals surface area contributed by atoms with Gasteiger partial charge in [-0.3, -0.25) is 19.8 Å². The Morgan fingerprint density at radius 1 is 1.31 bits per heavy atom. The van der Waals surface area contributed by atoms with Gasteiger partial charge in [0, 0.05) is 29.8 Å². The maximum Gasteiger partial charge on any atom is 0.274 e. The Labute approximate surface area is 150 Å². The molecule has 3 rings (SSSR count). The van der Waals surface area contributed by atoms with Crippen molar-refractivity contribution in [3.05, 3.63) is 75.1 Å². The number of nitro groups is 1. The molecule has 136 valence electrons. The highest BCUT2D eigenvalue weighted by Gasteiger charge is 2.27. The van der Waals surface area contributed by atoms with Crippen molar-refractivity contribution in [2.45, 2.75) is 31.8 Å². The van der Waals surface area contributed by atoms with Gasteiger partial charge in [-0.25, -0.2) is 4.39 Å². The Balaban J connectivity index is 1.79. The first-order valence-corrected chi connectivity index (χ1v) is 8.49. The van der Waals surface area contributed by atoms with Crippen molar-refractivity contribution in [2.24, 2.45) is 5.73 Å². The normalized spacial score (nSPS) is 17.3. The van der Waals surface area contributed by atoms with Crippen molar-refractivity contribution in [1.29, 1.82) is 0 Å². The fraction of sp³-hybridized carbons (Fsp3) is 0.316. The number of rotatable bonds is 6. The van der Waals surface area contributed by atoms with Crippen LogP contribution in [0.15, 0.2) is 42.5 Å². The van der Waals surface area contributed by atoms with E-state index < -0.39 is 10.8 Å². The Kier molecular flexibility index (Phi) is 5.27. The lowest BCUT2D eigenvalue weighted by Crippen LogP contribution is -2.31. The Morgan fingerprint density at radius 3 is 2.81 bits per heavy atom. The lowest BCUT2D eigenvalue weighted by atomic mass is 10.0. The summed E-state index contributed by atoms with van der Waals surface area (Å²) in [6, 6.07) is 11.1. The number of nitro benzene ring substituents is 1. The summed E-state index contributed by atoms with van der Waals surface area (Å²) < 4.78 is 13.4. The standard InChI is InChI=1S/C19H20FN3O3/c20-16-4-1-3-13(9-16)10-17-5-2-8-22(17)12-15-7-6-14(19(21)24)11-18(15)23(25)26/h1,3-4,6-7,9,11,17H,2,5,8,10,12H2,(H2,21,24). The van der Waals surface area contributed by atoms with E-state index in [0.717, 1.165) is 24.9 Å². The Morgan fingerprint density at radius 2 is 2.12 bits per heavy atom.